The highest BCUT2D eigenvalue weighted by Crippen LogP contribution is 2.14. The molecule has 0 aliphatic heterocycles. The minimum atomic E-state index is -0.915. The molecule has 0 saturated heterocycles. The van der Waals surface area contributed by atoms with Gasteiger partial charge >= 0.3 is 0 Å². The number of hydrogen-bond donors (Lipinski definition) is 3. The highest BCUT2D eigenvalue weighted by Gasteiger charge is 2.09. The lowest BCUT2D eigenvalue weighted by Gasteiger charge is -2.11. The molecule has 1 atom stereocenters. The number of nitrogens with zero attached hydrogens (tertiary/aromatic N) is 2. The van der Waals surface area contributed by atoms with Gasteiger partial charge in [0.25, 0.3) is 5.56 Å². The molecule has 94 valence electrons. The highest BCUT2D eigenvalue weighted by molar-refractivity contribution is 6.32. The Kier molecular flexibility index (Phi) is 5.14. The number of halogens is 1. The molecule has 1 aromatic rings. The summed E-state index contributed by atoms with van der Waals surface area (Å²) < 4.78 is 1.17. The molecule has 1 aromatic heterocycles. The van der Waals surface area contributed by atoms with E-state index in [2.05, 4.69) is 17.0 Å². The van der Waals surface area contributed by atoms with Gasteiger partial charge in [-0.3, -0.25) is 4.79 Å². The molecule has 17 heavy (non-hydrogen) atoms. The number of aliphatic hydroxyl groups is 2. The Morgan fingerprint density at radius 3 is 3.00 bits per heavy atom. The first-order valence-electron chi connectivity index (χ1n) is 4.99. The SMILES string of the molecule is C=CCn1ncc(NCC(O)CO)c(Cl)c1=O. The van der Waals surface area contributed by atoms with Crippen LogP contribution in [-0.2, 0) is 6.54 Å². The first kappa shape index (κ1) is 13.7. The number of aromatic nitrogens is 2. The predicted molar refractivity (Wildman–Crippen MR) is 65.3 cm³/mol. The Morgan fingerprint density at radius 2 is 2.41 bits per heavy atom. The Hall–Kier alpha value is -1.37. The molecule has 7 heteroatoms. The van der Waals surface area contributed by atoms with Gasteiger partial charge in [0.05, 0.1) is 31.1 Å². The lowest BCUT2D eigenvalue weighted by Crippen LogP contribution is -2.27. The molecule has 6 nitrogen and oxygen atoms in total. The maximum Gasteiger partial charge on any atom is 0.287 e. The molecule has 0 fully saturated rings. The number of nitrogens with one attached hydrogen (secondary N) is 1. The first-order valence-corrected chi connectivity index (χ1v) is 5.37. The number of aliphatic hydroxyl groups excluding tert-OH is 2. The molecular formula is C10H14ClN3O3. The van der Waals surface area contributed by atoms with Crippen molar-refractivity contribution in [2.45, 2.75) is 12.6 Å². The van der Waals surface area contributed by atoms with Crippen molar-refractivity contribution in [3.05, 3.63) is 34.2 Å². The summed E-state index contributed by atoms with van der Waals surface area (Å²) >= 11 is 5.85. The van der Waals surface area contributed by atoms with Gasteiger partial charge in [-0.1, -0.05) is 17.7 Å². The van der Waals surface area contributed by atoms with Crippen molar-refractivity contribution in [2.24, 2.45) is 0 Å². The summed E-state index contributed by atoms with van der Waals surface area (Å²) in [7, 11) is 0. The Bertz CT molecular complexity index is 447. The lowest BCUT2D eigenvalue weighted by atomic mass is 10.3. The third-order valence-corrected chi connectivity index (χ3v) is 2.39. The van der Waals surface area contributed by atoms with Gasteiger partial charge in [-0.15, -0.1) is 6.58 Å². The van der Waals surface area contributed by atoms with E-state index in [1.165, 1.54) is 17.0 Å². The van der Waals surface area contributed by atoms with Crippen molar-refractivity contribution in [1.29, 1.82) is 0 Å². The van der Waals surface area contributed by atoms with Gasteiger partial charge in [-0.25, -0.2) is 4.68 Å². The number of anilines is 1. The molecule has 1 heterocycles. The van der Waals surface area contributed by atoms with Crippen LogP contribution in [0.1, 0.15) is 0 Å². The average molecular weight is 260 g/mol. The van der Waals surface area contributed by atoms with Crippen molar-refractivity contribution >= 4 is 17.3 Å². The summed E-state index contributed by atoms with van der Waals surface area (Å²) in [6.07, 6.45) is 2.01. The van der Waals surface area contributed by atoms with E-state index in [9.17, 15) is 4.79 Å². The topological polar surface area (TPSA) is 87.4 Å². The van der Waals surface area contributed by atoms with Crippen LogP contribution in [-0.4, -0.2) is 39.2 Å². The second-order valence-electron chi connectivity index (χ2n) is 3.37. The van der Waals surface area contributed by atoms with E-state index in [-0.39, 0.29) is 24.7 Å². The zero-order valence-electron chi connectivity index (χ0n) is 9.14. The zero-order chi connectivity index (χ0) is 12.8. The van der Waals surface area contributed by atoms with Crippen LogP contribution in [0.2, 0.25) is 5.02 Å². The summed E-state index contributed by atoms with van der Waals surface area (Å²) in [5.74, 6) is 0. The van der Waals surface area contributed by atoms with Crippen LogP contribution in [0.25, 0.3) is 0 Å². The van der Waals surface area contributed by atoms with E-state index >= 15 is 0 Å². The maximum absolute atomic E-state index is 11.7. The van der Waals surface area contributed by atoms with Gasteiger partial charge < -0.3 is 15.5 Å². The predicted octanol–water partition coefficient (Wildman–Crippen LogP) is -0.152. The lowest BCUT2D eigenvalue weighted by molar-refractivity contribution is 0.105. The summed E-state index contributed by atoms with van der Waals surface area (Å²) in [4.78, 5) is 11.7. The molecule has 1 rings (SSSR count). The van der Waals surface area contributed by atoms with E-state index < -0.39 is 11.7 Å². The van der Waals surface area contributed by atoms with E-state index in [0.29, 0.717) is 5.69 Å². The fraction of sp³-hybridized carbons (Fsp3) is 0.400. The zero-order valence-corrected chi connectivity index (χ0v) is 9.89. The summed E-state index contributed by atoms with van der Waals surface area (Å²) in [6, 6.07) is 0. The molecule has 0 amide bonds. The molecule has 3 N–H and O–H groups in total. The number of rotatable bonds is 6. The van der Waals surface area contributed by atoms with Crippen molar-refractivity contribution in [2.75, 3.05) is 18.5 Å². The van der Waals surface area contributed by atoms with Crippen LogP contribution in [0.15, 0.2) is 23.6 Å². The van der Waals surface area contributed by atoms with Crippen molar-refractivity contribution in [3.8, 4) is 0 Å². The van der Waals surface area contributed by atoms with E-state index in [4.69, 9.17) is 21.8 Å². The number of allylic oxidation sites excluding steroid dienone is 1. The van der Waals surface area contributed by atoms with E-state index in [1.807, 2.05) is 0 Å². The van der Waals surface area contributed by atoms with Crippen molar-refractivity contribution < 1.29 is 10.2 Å². The third-order valence-electron chi connectivity index (χ3n) is 2.03. The van der Waals surface area contributed by atoms with Gasteiger partial charge in [0.15, 0.2) is 0 Å². The standard InChI is InChI=1S/C10H14ClN3O3/c1-2-3-14-10(17)9(11)8(5-13-14)12-4-7(16)6-15/h2,5,7,12,15-16H,1,3-4,6H2. The highest BCUT2D eigenvalue weighted by atomic mass is 35.5. The van der Waals surface area contributed by atoms with Gasteiger partial charge in [-0.2, -0.15) is 5.10 Å². The largest absolute Gasteiger partial charge is 0.394 e. The second kappa shape index (κ2) is 6.39. The molecule has 0 saturated carbocycles. The quantitative estimate of drug-likeness (QED) is 0.619. The summed E-state index contributed by atoms with van der Waals surface area (Å²) in [6.45, 7) is 3.49. The maximum atomic E-state index is 11.7. The van der Waals surface area contributed by atoms with E-state index in [1.54, 1.807) is 0 Å². The normalized spacial score (nSPS) is 12.2. The fourth-order valence-electron chi connectivity index (χ4n) is 1.13. The van der Waals surface area contributed by atoms with Crippen LogP contribution < -0.4 is 10.9 Å². The minimum Gasteiger partial charge on any atom is -0.394 e. The van der Waals surface area contributed by atoms with Crippen LogP contribution in [0.3, 0.4) is 0 Å². The fourth-order valence-corrected chi connectivity index (χ4v) is 1.35. The van der Waals surface area contributed by atoms with Crippen LogP contribution in [0, 0.1) is 0 Å². The average Bonchev–Trinajstić information content (AvgIpc) is 2.34. The van der Waals surface area contributed by atoms with Gasteiger partial charge in [0.2, 0.25) is 0 Å². The Labute approximate surface area is 103 Å². The smallest absolute Gasteiger partial charge is 0.287 e. The second-order valence-corrected chi connectivity index (χ2v) is 3.74. The van der Waals surface area contributed by atoms with Crippen LogP contribution >= 0.6 is 11.6 Å². The van der Waals surface area contributed by atoms with Crippen LogP contribution in [0.5, 0.6) is 0 Å². The summed E-state index contributed by atoms with van der Waals surface area (Å²) in [5.41, 5.74) is -0.112. The molecule has 0 aliphatic rings. The molecule has 0 bridgehead atoms. The van der Waals surface area contributed by atoms with Crippen molar-refractivity contribution in [3.63, 3.8) is 0 Å². The third kappa shape index (κ3) is 3.55. The molecule has 1 unspecified atom stereocenters. The monoisotopic (exact) mass is 259 g/mol. The van der Waals surface area contributed by atoms with E-state index in [0.717, 1.165) is 0 Å². The number of hydrogen-bond acceptors (Lipinski definition) is 5. The molecule has 0 spiro atoms. The van der Waals surface area contributed by atoms with Gasteiger partial charge in [0, 0.05) is 6.54 Å². The van der Waals surface area contributed by atoms with Crippen molar-refractivity contribution in [1.82, 2.24) is 9.78 Å². The minimum absolute atomic E-state index is 0.00742. The summed E-state index contributed by atoms with van der Waals surface area (Å²) in [5, 5.41) is 24.4. The Morgan fingerprint density at radius 1 is 1.71 bits per heavy atom. The van der Waals surface area contributed by atoms with Crippen LogP contribution in [0.4, 0.5) is 5.69 Å². The first-order chi connectivity index (χ1) is 8.10. The molecule has 0 radical (unpaired) electrons. The molecule has 0 aliphatic carbocycles. The molecular weight excluding hydrogens is 246 g/mol. The Balaban J connectivity index is 2.85. The van der Waals surface area contributed by atoms with Gasteiger partial charge in [0.1, 0.15) is 5.02 Å². The molecule has 0 aromatic carbocycles. The van der Waals surface area contributed by atoms with Gasteiger partial charge in [-0.05, 0) is 0 Å².